The highest BCUT2D eigenvalue weighted by atomic mass is 16.2. The van der Waals surface area contributed by atoms with Crippen LogP contribution in [-0.4, -0.2) is 40.7 Å². The average Bonchev–Trinajstić information content (AvgIpc) is 3.38. The molecule has 0 atom stereocenters. The van der Waals surface area contributed by atoms with Crippen molar-refractivity contribution in [3.63, 3.8) is 0 Å². The molecule has 8 nitrogen and oxygen atoms in total. The first-order chi connectivity index (χ1) is 12.5. The van der Waals surface area contributed by atoms with Gasteiger partial charge in [0, 0.05) is 18.2 Å². The first-order valence-corrected chi connectivity index (χ1v) is 9.26. The molecule has 0 aromatic carbocycles. The Balaban J connectivity index is 1.86. The Morgan fingerprint density at radius 1 is 1.38 bits per heavy atom. The average molecular weight is 358 g/mol. The number of carbonyl (C=O) groups excluding carboxylic acids is 2. The smallest absolute Gasteiger partial charge is 0.254 e. The fourth-order valence-corrected chi connectivity index (χ4v) is 3.71. The first-order valence-electron chi connectivity index (χ1n) is 9.26. The highest BCUT2D eigenvalue weighted by molar-refractivity contribution is 6.02. The molecule has 2 amide bonds. The highest BCUT2D eigenvalue weighted by Crippen LogP contribution is 2.37. The zero-order valence-electron chi connectivity index (χ0n) is 15.1. The fraction of sp³-hybridized carbons (Fsp3) is 0.667. The van der Waals surface area contributed by atoms with Gasteiger partial charge in [-0.05, 0) is 45.1 Å². The lowest BCUT2D eigenvalue weighted by Crippen LogP contribution is -2.45. The molecule has 0 aliphatic heterocycles. The van der Waals surface area contributed by atoms with Crippen LogP contribution in [-0.2, 0) is 10.3 Å². The summed E-state index contributed by atoms with van der Waals surface area (Å²) in [7, 11) is 0. The molecule has 4 N–H and O–H groups in total. The molecular weight excluding hydrogens is 332 g/mol. The Morgan fingerprint density at radius 2 is 2.08 bits per heavy atom. The molecule has 0 saturated heterocycles. The van der Waals surface area contributed by atoms with Gasteiger partial charge in [0.1, 0.15) is 11.1 Å². The second kappa shape index (κ2) is 7.46. The van der Waals surface area contributed by atoms with E-state index in [4.69, 9.17) is 12.3 Å². The summed E-state index contributed by atoms with van der Waals surface area (Å²) in [6.07, 6.45) is 6.81. The molecule has 3 rings (SSSR count). The Morgan fingerprint density at radius 3 is 2.62 bits per heavy atom. The lowest BCUT2D eigenvalue weighted by atomic mass is 9.79. The summed E-state index contributed by atoms with van der Waals surface area (Å²) in [6, 6.07) is 0.444. The minimum absolute atomic E-state index is 0.00800. The van der Waals surface area contributed by atoms with Crippen molar-refractivity contribution in [2.24, 2.45) is 11.7 Å². The number of hydrogen-bond acceptors (Lipinski definition) is 4. The molecule has 1 aromatic heterocycles. The molecule has 26 heavy (non-hydrogen) atoms. The van der Waals surface area contributed by atoms with Crippen molar-refractivity contribution in [3.8, 4) is 0 Å². The number of amides is 2. The van der Waals surface area contributed by atoms with Crippen molar-refractivity contribution >= 4 is 17.6 Å². The van der Waals surface area contributed by atoms with E-state index in [1.165, 1.54) is 0 Å². The molecule has 2 fully saturated rings. The largest absolute Gasteiger partial charge is 0.365 e. The van der Waals surface area contributed by atoms with Crippen LogP contribution in [0.5, 0.6) is 0 Å². The van der Waals surface area contributed by atoms with Crippen LogP contribution in [0.15, 0.2) is 6.20 Å². The van der Waals surface area contributed by atoms with E-state index < -0.39 is 11.4 Å². The van der Waals surface area contributed by atoms with E-state index in [0.717, 1.165) is 45.1 Å². The normalized spacial score (nSPS) is 25.5. The summed E-state index contributed by atoms with van der Waals surface area (Å²) in [5, 5.41) is 10.7. The highest BCUT2D eigenvalue weighted by Gasteiger charge is 2.42. The van der Waals surface area contributed by atoms with E-state index in [9.17, 15) is 9.59 Å². The summed E-state index contributed by atoms with van der Waals surface area (Å²) in [5.74, 6) is -0.518. The Kier molecular flexibility index (Phi) is 5.28. The Hall–Kier alpha value is -2.40. The monoisotopic (exact) mass is 358 g/mol. The molecule has 2 saturated carbocycles. The van der Waals surface area contributed by atoms with Crippen molar-refractivity contribution in [1.29, 1.82) is 0 Å². The summed E-state index contributed by atoms with van der Waals surface area (Å²) >= 11 is 0. The van der Waals surface area contributed by atoms with Crippen LogP contribution in [0.25, 0.3) is 4.85 Å². The minimum atomic E-state index is -0.623. The van der Waals surface area contributed by atoms with Gasteiger partial charge in [-0.25, -0.2) is 6.57 Å². The number of carbonyl (C=O) groups is 2. The van der Waals surface area contributed by atoms with Gasteiger partial charge in [0.15, 0.2) is 5.82 Å². The van der Waals surface area contributed by atoms with Crippen molar-refractivity contribution in [3.05, 3.63) is 23.2 Å². The van der Waals surface area contributed by atoms with E-state index in [-0.39, 0.29) is 23.2 Å². The zero-order valence-corrected chi connectivity index (χ0v) is 15.1. The second-order valence-corrected chi connectivity index (χ2v) is 7.34. The predicted octanol–water partition coefficient (Wildman–Crippen LogP) is 1.50. The van der Waals surface area contributed by atoms with Gasteiger partial charge in [0.2, 0.25) is 12.5 Å². The summed E-state index contributed by atoms with van der Waals surface area (Å²) in [5.41, 5.74) is 5.24. The Labute approximate surface area is 153 Å². The third-order valence-electron chi connectivity index (χ3n) is 5.44. The van der Waals surface area contributed by atoms with Gasteiger partial charge in [-0.1, -0.05) is 6.92 Å². The van der Waals surface area contributed by atoms with E-state index >= 15 is 0 Å². The molecule has 8 heteroatoms. The van der Waals surface area contributed by atoms with Gasteiger partial charge in [-0.15, -0.1) is 0 Å². The zero-order chi connectivity index (χ0) is 18.7. The maximum Gasteiger partial charge on any atom is 0.254 e. The number of nitrogens with two attached hydrogens (primary N) is 1. The second-order valence-electron chi connectivity index (χ2n) is 7.34. The van der Waals surface area contributed by atoms with Crippen molar-refractivity contribution in [2.75, 3.05) is 18.4 Å². The molecular formula is C18H26N6O2. The first kappa shape index (κ1) is 18.4. The lowest BCUT2D eigenvalue weighted by molar-refractivity contribution is -0.117. The third-order valence-corrected chi connectivity index (χ3v) is 5.44. The number of nitrogens with zero attached hydrogens (tertiary/aromatic N) is 3. The van der Waals surface area contributed by atoms with Gasteiger partial charge < -0.3 is 21.2 Å². The maximum absolute atomic E-state index is 12.1. The van der Waals surface area contributed by atoms with Crippen molar-refractivity contribution in [2.45, 2.75) is 57.0 Å². The standard InChI is InChI=1S/C18H26N6O2/c1-3-21-13-6-8-18(9-7-13,11-20-2)24-10-14(15(19)25)16(23-24)22-17(26)12-4-5-12/h10,12-13,21H,3-9,11H2,1H3,(H2,19,25)(H,22,23,26). The van der Waals surface area contributed by atoms with Gasteiger partial charge in [-0.2, -0.15) is 5.10 Å². The minimum Gasteiger partial charge on any atom is -0.365 e. The molecule has 1 heterocycles. The molecule has 0 unspecified atom stereocenters. The summed E-state index contributed by atoms with van der Waals surface area (Å²) in [6.45, 7) is 10.7. The molecule has 140 valence electrons. The van der Waals surface area contributed by atoms with Crippen LogP contribution in [0, 0.1) is 12.5 Å². The predicted molar refractivity (Wildman–Crippen MR) is 97.5 cm³/mol. The van der Waals surface area contributed by atoms with Crippen LogP contribution in [0.1, 0.15) is 55.8 Å². The van der Waals surface area contributed by atoms with Gasteiger partial charge in [0.25, 0.3) is 5.91 Å². The summed E-state index contributed by atoms with van der Waals surface area (Å²) < 4.78 is 1.70. The van der Waals surface area contributed by atoms with Crippen LogP contribution < -0.4 is 16.4 Å². The molecule has 2 aliphatic rings. The van der Waals surface area contributed by atoms with Crippen molar-refractivity contribution in [1.82, 2.24) is 15.1 Å². The number of primary amides is 1. The number of hydrogen-bond donors (Lipinski definition) is 3. The SMILES string of the molecule is [C-]#[N+]CC1(n2cc(C(N)=O)c(NC(=O)C3CC3)n2)CCC(NCC)CC1. The third kappa shape index (κ3) is 3.73. The van der Waals surface area contributed by atoms with E-state index in [2.05, 4.69) is 27.5 Å². The van der Waals surface area contributed by atoms with Gasteiger partial charge in [0.05, 0.1) is 0 Å². The Bertz CT molecular complexity index is 723. The summed E-state index contributed by atoms with van der Waals surface area (Å²) in [4.78, 5) is 27.5. The fourth-order valence-electron chi connectivity index (χ4n) is 3.71. The van der Waals surface area contributed by atoms with Gasteiger partial charge >= 0.3 is 0 Å². The molecule has 2 aliphatic carbocycles. The number of nitrogens with one attached hydrogen (secondary N) is 2. The quantitative estimate of drug-likeness (QED) is 0.642. The van der Waals surface area contributed by atoms with E-state index in [1.807, 2.05) is 0 Å². The topological polar surface area (TPSA) is 106 Å². The van der Waals surface area contributed by atoms with E-state index in [0.29, 0.717) is 12.6 Å². The maximum atomic E-state index is 12.1. The molecule has 0 spiro atoms. The van der Waals surface area contributed by atoms with E-state index in [1.54, 1.807) is 10.9 Å². The van der Waals surface area contributed by atoms with Crippen LogP contribution >= 0.6 is 0 Å². The number of rotatable bonds is 7. The molecule has 1 aromatic rings. The molecule has 0 bridgehead atoms. The van der Waals surface area contributed by atoms with Gasteiger partial charge in [-0.3, -0.25) is 14.3 Å². The van der Waals surface area contributed by atoms with Crippen LogP contribution in [0.2, 0.25) is 0 Å². The number of anilines is 1. The molecule has 0 radical (unpaired) electrons. The lowest BCUT2D eigenvalue weighted by Gasteiger charge is -2.37. The number of aromatic nitrogens is 2. The van der Waals surface area contributed by atoms with Crippen LogP contribution in [0.4, 0.5) is 5.82 Å². The van der Waals surface area contributed by atoms with Crippen molar-refractivity contribution < 1.29 is 9.59 Å². The van der Waals surface area contributed by atoms with Crippen LogP contribution in [0.3, 0.4) is 0 Å².